The van der Waals surface area contributed by atoms with Crippen molar-refractivity contribution in [1.29, 1.82) is 5.26 Å². The van der Waals surface area contributed by atoms with Crippen LogP contribution in [0, 0.1) is 11.3 Å². The van der Waals surface area contributed by atoms with Gasteiger partial charge in [-0.25, -0.2) is 4.98 Å². The summed E-state index contributed by atoms with van der Waals surface area (Å²) >= 11 is 0. The molecule has 0 spiro atoms. The summed E-state index contributed by atoms with van der Waals surface area (Å²) in [7, 11) is 0. The summed E-state index contributed by atoms with van der Waals surface area (Å²) in [5.41, 5.74) is 10.4. The van der Waals surface area contributed by atoms with E-state index in [4.69, 9.17) is 5.73 Å². The molecule has 0 saturated heterocycles. The minimum atomic E-state index is 0.331. The van der Waals surface area contributed by atoms with Crippen LogP contribution in [0.2, 0.25) is 0 Å². The molecule has 2 aromatic rings. The molecule has 88 valence electrons. The third-order valence-electron chi connectivity index (χ3n) is 3.31. The molecule has 0 unspecified atom stereocenters. The summed E-state index contributed by atoms with van der Waals surface area (Å²) < 4.78 is 0. The molecule has 0 aromatic carbocycles. The molecule has 1 aliphatic rings. The Labute approximate surface area is 105 Å². The summed E-state index contributed by atoms with van der Waals surface area (Å²) in [5, 5.41) is 9.30. The fraction of sp³-hybridized carbons (Fsp3) is 0.214. The Hall–Kier alpha value is -2.41. The average molecular weight is 236 g/mol. The van der Waals surface area contributed by atoms with Crippen LogP contribution in [0.25, 0.3) is 11.1 Å². The standard InChI is InChI=1S/C14H12N4/c15-7-11-13(9-3-2-6-17-8-9)10-4-1-5-12(10)18-14(11)16/h2-3,6,8H,1,4-5H2,(H2,16,18). The van der Waals surface area contributed by atoms with E-state index in [0.29, 0.717) is 11.4 Å². The molecule has 4 heteroatoms. The van der Waals surface area contributed by atoms with Crippen molar-refractivity contribution in [3.8, 4) is 17.2 Å². The molecule has 1 aliphatic carbocycles. The van der Waals surface area contributed by atoms with Crippen LogP contribution >= 0.6 is 0 Å². The molecule has 2 heterocycles. The Bertz CT molecular complexity index is 640. The second kappa shape index (κ2) is 4.11. The van der Waals surface area contributed by atoms with Crippen molar-refractivity contribution in [2.24, 2.45) is 0 Å². The molecule has 3 rings (SSSR count). The highest BCUT2D eigenvalue weighted by Gasteiger charge is 2.22. The maximum Gasteiger partial charge on any atom is 0.142 e. The number of aryl methyl sites for hydroxylation is 1. The van der Waals surface area contributed by atoms with E-state index >= 15 is 0 Å². The molecule has 0 atom stereocenters. The number of rotatable bonds is 1. The van der Waals surface area contributed by atoms with Gasteiger partial charge < -0.3 is 5.73 Å². The van der Waals surface area contributed by atoms with Crippen LogP contribution < -0.4 is 5.73 Å². The summed E-state index contributed by atoms with van der Waals surface area (Å²) in [6.07, 6.45) is 6.47. The zero-order valence-corrected chi connectivity index (χ0v) is 9.85. The molecule has 0 fully saturated rings. The predicted molar refractivity (Wildman–Crippen MR) is 68.6 cm³/mol. The van der Waals surface area contributed by atoms with Crippen molar-refractivity contribution in [3.63, 3.8) is 0 Å². The number of nitrogens with two attached hydrogens (primary N) is 1. The van der Waals surface area contributed by atoms with Gasteiger partial charge in [0.2, 0.25) is 0 Å². The predicted octanol–water partition coefficient (Wildman–Crippen LogP) is 2.09. The van der Waals surface area contributed by atoms with E-state index in [2.05, 4.69) is 16.0 Å². The van der Waals surface area contributed by atoms with Gasteiger partial charge in [-0.15, -0.1) is 0 Å². The van der Waals surface area contributed by atoms with E-state index in [1.165, 1.54) is 0 Å². The number of fused-ring (bicyclic) bond motifs is 1. The Morgan fingerprint density at radius 3 is 2.94 bits per heavy atom. The lowest BCUT2D eigenvalue weighted by atomic mass is 9.96. The van der Waals surface area contributed by atoms with E-state index in [0.717, 1.165) is 41.6 Å². The lowest BCUT2D eigenvalue weighted by Crippen LogP contribution is -2.03. The van der Waals surface area contributed by atoms with Crippen LogP contribution in [0.5, 0.6) is 0 Å². The van der Waals surface area contributed by atoms with Crippen LogP contribution in [0.15, 0.2) is 24.5 Å². The molecule has 0 bridgehead atoms. The Morgan fingerprint density at radius 1 is 1.33 bits per heavy atom. The Balaban J connectivity index is 2.34. The first-order valence-electron chi connectivity index (χ1n) is 5.93. The number of hydrogen-bond donors (Lipinski definition) is 1. The first-order chi connectivity index (χ1) is 8.81. The third-order valence-corrected chi connectivity index (χ3v) is 3.31. The van der Waals surface area contributed by atoms with Crippen LogP contribution in [0.1, 0.15) is 23.2 Å². The molecule has 0 amide bonds. The van der Waals surface area contributed by atoms with Gasteiger partial charge >= 0.3 is 0 Å². The smallest absolute Gasteiger partial charge is 0.142 e. The number of nitrogens with zero attached hydrogens (tertiary/aromatic N) is 3. The highest BCUT2D eigenvalue weighted by Crippen LogP contribution is 2.35. The normalized spacial score (nSPS) is 13.1. The van der Waals surface area contributed by atoms with E-state index < -0.39 is 0 Å². The first-order valence-corrected chi connectivity index (χ1v) is 5.93. The lowest BCUT2D eigenvalue weighted by molar-refractivity contribution is 0.900. The van der Waals surface area contributed by atoms with Crippen LogP contribution in [0.4, 0.5) is 5.82 Å². The minimum Gasteiger partial charge on any atom is -0.383 e. The fourth-order valence-electron chi connectivity index (χ4n) is 2.54. The van der Waals surface area contributed by atoms with Crippen molar-refractivity contribution in [1.82, 2.24) is 9.97 Å². The molecule has 18 heavy (non-hydrogen) atoms. The molecule has 2 N–H and O–H groups in total. The van der Waals surface area contributed by atoms with Crippen LogP contribution in [0.3, 0.4) is 0 Å². The van der Waals surface area contributed by atoms with Gasteiger partial charge in [-0.2, -0.15) is 5.26 Å². The van der Waals surface area contributed by atoms with Gasteiger partial charge in [0.05, 0.1) is 0 Å². The zero-order chi connectivity index (χ0) is 12.5. The molecular weight excluding hydrogens is 224 g/mol. The van der Waals surface area contributed by atoms with Crippen molar-refractivity contribution in [3.05, 3.63) is 41.3 Å². The first kappa shape index (κ1) is 10.7. The van der Waals surface area contributed by atoms with E-state index in [9.17, 15) is 5.26 Å². The number of nitriles is 1. The number of anilines is 1. The van der Waals surface area contributed by atoms with Crippen molar-refractivity contribution in [2.45, 2.75) is 19.3 Å². The van der Waals surface area contributed by atoms with Gasteiger partial charge in [0, 0.05) is 29.2 Å². The molecule has 0 radical (unpaired) electrons. The number of hydrogen-bond acceptors (Lipinski definition) is 4. The second-order valence-electron chi connectivity index (χ2n) is 4.38. The maximum atomic E-state index is 9.30. The SMILES string of the molecule is N#Cc1c(N)nc2c(c1-c1cccnc1)CCC2. The number of aromatic nitrogens is 2. The van der Waals surface area contributed by atoms with Crippen molar-refractivity contribution < 1.29 is 0 Å². The fourth-order valence-corrected chi connectivity index (χ4v) is 2.54. The van der Waals surface area contributed by atoms with E-state index in [-0.39, 0.29) is 0 Å². The summed E-state index contributed by atoms with van der Waals surface area (Å²) in [4.78, 5) is 8.47. The zero-order valence-electron chi connectivity index (χ0n) is 9.85. The monoisotopic (exact) mass is 236 g/mol. The highest BCUT2D eigenvalue weighted by atomic mass is 14.9. The van der Waals surface area contributed by atoms with Crippen molar-refractivity contribution >= 4 is 5.82 Å². The molecule has 4 nitrogen and oxygen atoms in total. The van der Waals surface area contributed by atoms with Gasteiger partial charge in [0.25, 0.3) is 0 Å². The number of pyridine rings is 2. The second-order valence-corrected chi connectivity index (χ2v) is 4.38. The summed E-state index contributed by atoms with van der Waals surface area (Å²) in [6.45, 7) is 0. The van der Waals surface area contributed by atoms with Gasteiger partial charge in [-0.05, 0) is 30.9 Å². The number of nitrogen functional groups attached to an aromatic ring is 1. The molecular formula is C14H12N4. The Kier molecular flexibility index (Phi) is 2.45. The van der Waals surface area contributed by atoms with Gasteiger partial charge in [-0.1, -0.05) is 6.07 Å². The maximum absolute atomic E-state index is 9.30. The van der Waals surface area contributed by atoms with Crippen LogP contribution in [-0.2, 0) is 12.8 Å². The average Bonchev–Trinajstić information content (AvgIpc) is 2.85. The van der Waals surface area contributed by atoms with E-state index in [1.54, 1.807) is 12.4 Å². The molecule has 0 aliphatic heterocycles. The highest BCUT2D eigenvalue weighted by molar-refractivity contribution is 5.79. The largest absolute Gasteiger partial charge is 0.383 e. The minimum absolute atomic E-state index is 0.331. The van der Waals surface area contributed by atoms with Gasteiger partial charge in [0.15, 0.2) is 0 Å². The van der Waals surface area contributed by atoms with E-state index in [1.807, 2.05) is 12.1 Å². The quantitative estimate of drug-likeness (QED) is 0.822. The molecule has 0 saturated carbocycles. The van der Waals surface area contributed by atoms with Gasteiger partial charge in [0.1, 0.15) is 17.5 Å². The molecule has 2 aromatic heterocycles. The van der Waals surface area contributed by atoms with Gasteiger partial charge in [-0.3, -0.25) is 4.98 Å². The summed E-state index contributed by atoms with van der Waals surface area (Å²) in [6, 6.07) is 6.01. The lowest BCUT2D eigenvalue weighted by Gasteiger charge is -2.12. The Morgan fingerprint density at radius 2 is 2.22 bits per heavy atom. The van der Waals surface area contributed by atoms with Crippen LogP contribution in [-0.4, -0.2) is 9.97 Å². The topological polar surface area (TPSA) is 75.6 Å². The van der Waals surface area contributed by atoms with Crippen molar-refractivity contribution in [2.75, 3.05) is 5.73 Å². The summed E-state index contributed by atoms with van der Waals surface area (Å²) in [5.74, 6) is 0.331. The third kappa shape index (κ3) is 1.52.